The van der Waals surface area contributed by atoms with E-state index in [-0.39, 0.29) is 47.6 Å². The number of carbonyl (C=O) groups excluding carboxylic acids is 5. The van der Waals surface area contributed by atoms with Crippen molar-refractivity contribution in [3.8, 4) is 6.07 Å². The van der Waals surface area contributed by atoms with Gasteiger partial charge in [0.25, 0.3) is 17.7 Å². The first-order valence-corrected chi connectivity index (χ1v) is 20.1. The molecule has 1 unspecified atom stereocenters. The number of fused-ring (bicyclic) bond motifs is 2. The lowest BCUT2D eigenvalue weighted by Gasteiger charge is -2.67. The average Bonchev–Trinajstić information content (AvgIpc) is 3.68. The number of benzene rings is 3. The van der Waals surface area contributed by atoms with E-state index in [0.29, 0.717) is 41.3 Å². The van der Waals surface area contributed by atoms with E-state index in [1.54, 1.807) is 0 Å². The Labute approximate surface area is 334 Å². The normalized spacial score (nSPS) is 24.1. The summed E-state index contributed by atoms with van der Waals surface area (Å²) in [7, 11) is 2.10. The number of amides is 5. The molecule has 5 amide bonds. The van der Waals surface area contributed by atoms with E-state index in [0.717, 1.165) is 65.4 Å². The summed E-state index contributed by atoms with van der Waals surface area (Å²) < 4.78 is 0. The first-order valence-electron chi connectivity index (χ1n) is 20.1. The molecule has 2 N–H and O–H groups in total. The Morgan fingerprint density at radius 2 is 1.51 bits per heavy atom. The highest BCUT2D eigenvalue weighted by Gasteiger charge is 2.63. The van der Waals surface area contributed by atoms with Crippen LogP contribution in [0.4, 0.5) is 11.4 Å². The molecule has 0 aromatic heterocycles. The van der Waals surface area contributed by atoms with Crippen LogP contribution in [-0.2, 0) is 22.7 Å². The molecular weight excluding hydrogens is 719 g/mol. The van der Waals surface area contributed by atoms with Crippen molar-refractivity contribution in [2.75, 3.05) is 36.5 Å². The monoisotopic (exact) mass is 769 g/mol. The number of hydrogen-bond acceptors (Lipinski definition) is 9. The van der Waals surface area contributed by atoms with Gasteiger partial charge in [-0.3, -0.25) is 39.1 Å². The number of nitrogens with zero attached hydrogens (tertiary/aromatic N) is 5. The molecule has 296 valence electrons. The van der Waals surface area contributed by atoms with Gasteiger partial charge in [0.15, 0.2) is 0 Å². The number of aryl methyl sites for hydroxylation is 1. The quantitative estimate of drug-likeness (QED) is 0.297. The first kappa shape index (κ1) is 38.3. The van der Waals surface area contributed by atoms with Crippen molar-refractivity contribution in [2.24, 2.45) is 16.7 Å². The lowest BCUT2D eigenvalue weighted by atomic mass is 9.47. The third kappa shape index (κ3) is 6.55. The van der Waals surface area contributed by atoms with Crippen LogP contribution in [0.2, 0.25) is 0 Å². The number of imide groups is 2. The maximum Gasteiger partial charge on any atom is 0.262 e. The number of hydrogen-bond donors (Lipinski definition) is 2. The fraction of sp³-hybridized carbons (Fsp3) is 0.467. The molecule has 8 rings (SSSR count). The minimum atomic E-state index is -0.962. The molecule has 57 heavy (non-hydrogen) atoms. The minimum Gasteiger partial charge on any atom is -0.372 e. The zero-order valence-electron chi connectivity index (χ0n) is 33.6. The average molecular weight is 770 g/mol. The number of carbonyl (C=O) groups is 5. The van der Waals surface area contributed by atoms with Crippen molar-refractivity contribution in [1.29, 1.82) is 5.26 Å². The first-order chi connectivity index (χ1) is 27.1. The molecule has 0 spiro atoms. The Morgan fingerprint density at radius 1 is 0.895 bits per heavy atom. The van der Waals surface area contributed by atoms with E-state index in [4.69, 9.17) is 0 Å². The lowest BCUT2D eigenvalue weighted by Crippen LogP contribution is -2.77. The molecule has 4 aliphatic heterocycles. The van der Waals surface area contributed by atoms with Gasteiger partial charge in [-0.1, -0.05) is 27.7 Å². The summed E-state index contributed by atoms with van der Waals surface area (Å²) in [6, 6.07) is 19.0. The maximum atomic E-state index is 13.6. The number of nitrogens with one attached hydrogen (secondary N) is 2. The predicted octanol–water partition coefficient (Wildman–Crippen LogP) is 5.17. The summed E-state index contributed by atoms with van der Waals surface area (Å²) in [5, 5.41) is 15.0. The summed E-state index contributed by atoms with van der Waals surface area (Å²) >= 11 is 0. The Kier molecular flexibility index (Phi) is 9.51. The number of rotatable bonds is 8. The second-order valence-corrected chi connectivity index (χ2v) is 17.9. The van der Waals surface area contributed by atoms with Crippen LogP contribution in [0.5, 0.6) is 0 Å². The molecule has 0 radical (unpaired) electrons. The van der Waals surface area contributed by atoms with Gasteiger partial charge in [0.2, 0.25) is 11.8 Å². The van der Waals surface area contributed by atoms with Crippen molar-refractivity contribution < 1.29 is 24.0 Å². The van der Waals surface area contributed by atoms with Crippen LogP contribution in [0.1, 0.15) is 107 Å². The molecule has 12 heteroatoms. The highest BCUT2D eigenvalue weighted by molar-refractivity contribution is 6.23. The van der Waals surface area contributed by atoms with Crippen LogP contribution >= 0.6 is 0 Å². The van der Waals surface area contributed by atoms with Gasteiger partial charge >= 0.3 is 0 Å². The lowest BCUT2D eigenvalue weighted by molar-refractivity contribution is -0.136. The Balaban J connectivity index is 0.829. The number of nitriles is 1. The van der Waals surface area contributed by atoms with Crippen LogP contribution in [0.15, 0.2) is 54.6 Å². The van der Waals surface area contributed by atoms with Crippen molar-refractivity contribution in [1.82, 2.24) is 20.4 Å². The molecule has 4 heterocycles. The SMILES string of the molecule is Cc1cc(N(C)[C@H]2C(C)(C)[C@H](NC(=O)c3ccc(N4CCC(CN5Cc6cc7c(cc6C5)C(=O)N(C5CCC(=O)NC5=O)C7=O)CC4)cc3)C2(C)C)ccc1C#N. The van der Waals surface area contributed by atoms with Gasteiger partial charge in [-0.2, -0.15) is 5.26 Å². The molecule has 1 aliphatic carbocycles. The smallest absolute Gasteiger partial charge is 0.262 e. The van der Waals surface area contributed by atoms with E-state index in [2.05, 4.69) is 84.3 Å². The van der Waals surface area contributed by atoms with E-state index in [9.17, 15) is 29.2 Å². The highest BCUT2D eigenvalue weighted by Crippen LogP contribution is 2.57. The zero-order valence-corrected chi connectivity index (χ0v) is 33.6. The van der Waals surface area contributed by atoms with Crippen LogP contribution in [-0.4, -0.2) is 84.1 Å². The second kappa shape index (κ2) is 14.1. The predicted molar refractivity (Wildman–Crippen MR) is 216 cm³/mol. The topological polar surface area (TPSA) is 146 Å². The number of anilines is 2. The van der Waals surface area contributed by atoms with Gasteiger partial charge in [0, 0.05) is 86.0 Å². The van der Waals surface area contributed by atoms with E-state index < -0.39 is 23.8 Å². The molecule has 3 fully saturated rings. The number of piperidine rings is 2. The van der Waals surface area contributed by atoms with Crippen molar-refractivity contribution in [3.05, 3.63) is 93.5 Å². The van der Waals surface area contributed by atoms with Gasteiger partial charge in [-0.25, -0.2) is 0 Å². The third-order valence-corrected chi connectivity index (χ3v) is 13.5. The molecular formula is C45H51N7O5. The summed E-state index contributed by atoms with van der Waals surface area (Å²) in [6.07, 6.45) is 2.31. The van der Waals surface area contributed by atoms with Crippen molar-refractivity contribution in [2.45, 2.75) is 91.5 Å². The molecule has 0 bridgehead atoms. The third-order valence-electron chi connectivity index (χ3n) is 13.5. The van der Waals surface area contributed by atoms with Crippen LogP contribution in [0.25, 0.3) is 0 Å². The van der Waals surface area contributed by atoms with Crippen molar-refractivity contribution >= 4 is 40.9 Å². The fourth-order valence-corrected chi connectivity index (χ4v) is 11.0. The van der Waals surface area contributed by atoms with Gasteiger partial charge in [-0.05, 0) is 103 Å². The Bertz CT molecular complexity index is 2170. The molecule has 2 saturated heterocycles. The summed E-state index contributed by atoms with van der Waals surface area (Å²) in [4.78, 5) is 72.4. The minimum absolute atomic E-state index is 0.0345. The Morgan fingerprint density at radius 3 is 2.07 bits per heavy atom. The highest BCUT2D eigenvalue weighted by atomic mass is 16.2. The standard InChI is InChI=1S/C45H51N7O5/c1-26-19-33(12-9-29(26)22-46)49(6)43-44(2,3)42(45(43,4)5)48-38(54)28-7-10-32(11-8-28)51-17-15-27(16-18-51)23-50-24-30-20-34-35(21-31(30)25-50)41(57)52(40(34)56)36-13-14-37(53)47-39(36)55/h7-12,19-21,27,36,42-43H,13-18,23-25H2,1-6H3,(H,48,54)(H,47,53,55)/t36?,42-,43-. The second-order valence-electron chi connectivity index (χ2n) is 17.9. The summed E-state index contributed by atoms with van der Waals surface area (Å²) in [6.45, 7) is 15.0. The maximum absolute atomic E-state index is 13.6. The molecule has 1 saturated carbocycles. The summed E-state index contributed by atoms with van der Waals surface area (Å²) in [5.41, 5.74) is 6.81. The van der Waals surface area contributed by atoms with Crippen LogP contribution in [0.3, 0.4) is 0 Å². The molecule has 3 aromatic carbocycles. The van der Waals surface area contributed by atoms with E-state index in [1.807, 2.05) is 43.3 Å². The van der Waals surface area contributed by atoms with Gasteiger partial charge in [-0.15, -0.1) is 0 Å². The molecule has 3 aromatic rings. The van der Waals surface area contributed by atoms with E-state index in [1.165, 1.54) is 0 Å². The van der Waals surface area contributed by atoms with Gasteiger partial charge in [0.05, 0.1) is 22.8 Å². The molecule has 12 nitrogen and oxygen atoms in total. The summed E-state index contributed by atoms with van der Waals surface area (Å²) in [5.74, 6) is -1.48. The van der Waals surface area contributed by atoms with Gasteiger partial charge < -0.3 is 15.1 Å². The zero-order chi connectivity index (χ0) is 40.6. The van der Waals surface area contributed by atoms with Gasteiger partial charge in [0.1, 0.15) is 6.04 Å². The Hall–Kier alpha value is -5.54. The largest absolute Gasteiger partial charge is 0.372 e. The fourth-order valence-electron chi connectivity index (χ4n) is 11.0. The van der Waals surface area contributed by atoms with Crippen molar-refractivity contribution in [3.63, 3.8) is 0 Å². The van der Waals surface area contributed by atoms with E-state index >= 15 is 0 Å². The van der Waals surface area contributed by atoms with Crippen LogP contribution in [0, 0.1) is 35.0 Å². The van der Waals surface area contributed by atoms with Crippen LogP contribution < -0.4 is 20.4 Å². The molecule has 5 aliphatic rings. The molecule has 1 atom stereocenters.